The van der Waals surface area contributed by atoms with Gasteiger partial charge >= 0.3 is 0 Å². The summed E-state index contributed by atoms with van der Waals surface area (Å²) in [5, 5.41) is 8.26. The molecule has 2 heterocycles. The van der Waals surface area contributed by atoms with Gasteiger partial charge in [-0.15, -0.1) is 11.8 Å². The maximum absolute atomic E-state index is 12.2. The van der Waals surface area contributed by atoms with Gasteiger partial charge in [-0.05, 0) is 48.1 Å². The second-order valence-electron chi connectivity index (χ2n) is 6.40. The van der Waals surface area contributed by atoms with Gasteiger partial charge in [0.05, 0.1) is 5.75 Å². The van der Waals surface area contributed by atoms with Gasteiger partial charge in [0, 0.05) is 30.4 Å². The van der Waals surface area contributed by atoms with Crippen LogP contribution in [0.2, 0.25) is 0 Å². The Balaban J connectivity index is 1.51. The summed E-state index contributed by atoms with van der Waals surface area (Å²) in [5.41, 5.74) is 1.44. The van der Waals surface area contributed by atoms with E-state index in [0.717, 1.165) is 32.6 Å². The van der Waals surface area contributed by atoms with Crippen molar-refractivity contribution in [1.29, 1.82) is 0 Å². The smallest absolute Gasteiger partial charge is 0.230 e. The van der Waals surface area contributed by atoms with Gasteiger partial charge in [-0.2, -0.15) is 11.3 Å². The fraction of sp³-hybridized carbons (Fsp3) is 0.706. The summed E-state index contributed by atoms with van der Waals surface area (Å²) in [4.78, 5) is 12.2. The van der Waals surface area contributed by atoms with E-state index in [2.05, 4.69) is 22.1 Å². The summed E-state index contributed by atoms with van der Waals surface area (Å²) in [7, 11) is 0. The van der Waals surface area contributed by atoms with Crippen molar-refractivity contribution in [3.63, 3.8) is 0 Å². The first-order valence-electron chi connectivity index (χ1n) is 8.27. The number of amides is 1. The van der Waals surface area contributed by atoms with Gasteiger partial charge in [-0.3, -0.25) is 4.79 Å². The predicted molar refractivity (Wildman–Crippen MR) is 93.8 cm³/mol. The van der Waals surface area contributed by atoms with E-state index in [4.69, 9.17) is 4.74 Å². The summed E-state index contributed by atoms with van der Waals surface area (Å²) in [6.07, 6.45) is 7.24. The average molecular weight is 340 g/mol. The Morgan fingerprint density at radius 2 is 2.14 bits per heavy atom. The van der Waals surface area contributed by atoms with Crippen LogP contribution in [0.3, 0.4) is 0 Å². The summed E-state index contributed by atoms with van der Waals surface area (Å²) in [5.74, 6) is 0.805. The summed E-state index contributed by atoms with van der Waals surface area (Å²) in [6.45, 7) is 2.34. The molecule has 1 N–H and O–H groups in total. The Morgan fingerprint density at radius 3 is 2.82 bits per heavy atom. The van der Waals surface area contributed by atoms with Crippen molar-refractivity contribution >= 4 is 29.0 Å². The van der Waals surface area contributed by atoms with Crippen LogP contribution in [0.5, 0.6) is 0 Å². The second kappa shape index (κ2) is 7.84. The monoisotopic (exact) mass is 339 g/mol. The Labute approximate surface area is 141 Å². The van der Waals surface area contributed by atoms with Crippen LogP contribution in [0, 0.1) is 0 Å². The zero-order valence-corrected chi connectivity index (χ0v) is 14.6. The molecule has 0 radical (unpaired) electrons. The van der Waals surface area contributed by atoms with E-state index in [9.17, 15) is 4.79 Å². The van der Waals surface area contributed by atoms with Crippen molar-refractivity contribution in [2.75, 3.05) is 25.5 Å². The van der Waals surface area contributed by atoms with Crippen LogP contribution in [0.4, 0.5) is 0 Å². The first kappa shape index (κ1) is 16.3. The molecule has 0 bridgehead atoms. The molecule has 5 heteroatoms. The number of thioether (sulfide) groups is 1. The lowest BCUT2D eigenvalue weighted by Crippen LogP contribution is -2.44. The Morgan fingerprint density at radius 1 is 1.36 bits per heavy atom. The predicted octanol–water partition coefficient (Wildman–Crippen LogP) is 3.59. The van der Waals surface area contributed by atoms with Crippen molar-refractivity contribution in [3.05, 3.63) is 22.4 Å². The minimum absolute atomic E-state index is 0.0753. The molecule has 2 fully saturated rings. The van der Waals surface area contributed by atoms with E-state index >= 15 is 0 Å². The Bertz CT molecular complexity index is 463. The van der Waals surface area contributed by atoms with Gasteiger partial charge in [0.1, 0.15) is 0 Å². The lowest BCUT2D eigenvalue weighted by molar-refractivity contribution is -0.119. The first-order valence-corrected chi connectivity index (χ1v) is 10.3. The van der Waals surface area contributed by atoms with Crippen molar-refractivity contribution in [2.45, 2.75) is 49.2 Å². The minimum atomic E-state index is 0.0753. The second-order valence-corrected chi connectivity index (χ2v) is 8.47. The number of ether oxygens (including phenoxy) is 1. The molecule has 1 amide bonds. The van der Waals surface area contributed by atoms with Gasteiger partial charge in [0.2, 0.25) is 5.91 Å². The molecular formula is C17H25NO2S2. The van der Waals surface area contributed by atoms with Crippen molar-refractivity contribution in [2.24, 2.45) is 0 Å². The maximum Gasteiger partial charge on any atom is 0.230 e. The molecule has 122 valence electrons. The molecule has 1 aliphatic heterocycles. The SMILES string of the molecule is O=C(CSC1CCCC1)NCC1(c2ccsc2)CCOCC1. The highest BCUT2D eigenvalue weighted by atomic mass is 32.2. The fourth-order valence-electron chi connectivity index (χ4n) is 3.46. The molecule has 1 saturated carbocycles. The first-order chi connectivity index (χ1) is 10.8. The number of rotatable bonds is 6. The van der Waals surface area contributed by atoms with E-state index in [1.165, 1.54) is 31.2 Å². The molecule has 0 atom stereocenters. The third kappa shape index (κ3) is 4.06. The van der Waals surface area contributed by atoms with Crippen LogP contribution in [0.15, 0.2) is 16.8 Å². The third-order valence-electron chi connectivity index (χ3n) is 4.96. The minimum Gasteiger partial charge on any atom is -0.381 e. The summed E-state index contributed by atoms with van der Waals surface area (Å²) < 4.78 is 5.53. The summed E-state index contributed by atoms with van der Waals surface area (Å²) >= 11 is 3.58. The van der Waals surface area contributed by atoms with Gasteiger partial charge < -0.3 is 10.1 Å². The molecule has 3 rings (SSSR count). The normalized spacial score (nSPS) is 21.8. The highest BCUT2D eigenvalue weighted by Gasteiger charge is 2.35. The largest absolute Gasteiger partial charge is 0.381 e. The van der Waals surface area contributed by atoms with Gasteiger partial charge in [0.15, 0.2) is 0 Å². The van der Waals surface area contributed by atoms with Crippen LogP contribution >= 0.6 is 23.1 Å². The number of thiophene rings is 1. The van der Waals surface area contributed by atoms with Crippen molar-refractivity contribution < 1.29 is 9.53 Å². The quantitative estimate of drug-likeness (QED) is 0.861. The van der Waals surface area contributed by atoms with E-state index in [1.54, 1.807) is 11.3 Å². The lowest BCUT2D eigenvalue weighted by atomic mass is 9.75. The topological polar surface area (TPSA) is 38.3 Å². The van der Waals surface area contributed by atoms with Crippen LogP contribution in [0.1, 0.15) is 44.1 Å². The van der Waals surface area contributed by atoms with Crippen LogP contribution in [-0.4, -0.2) is 36.7 Å². The van der Waals surface area contributed by atoms with Crippen LogP contribution < -0.4 is 5.32 Å². The molecule has 3 nitrogen and oxygen atoms in total. The van der Waals surface area contributed by atoms with E-state index < -0.39 is 0 Å². The third-order valence-corrected chi connectivity index (χ3v) is 7.01. The molecular weight excluding hydrogens is 314 g/mol. The lowest BCUT2D eigenvalue weighted by Gasteiger charge is -2.37. The van der Waals surface area contributed by atoms with E-state index in [-0.39, 0.29) is 11.3 Å². The number of carbonyl (C=O) groups excluding carboxylic acids is 1. The number of hydrogen-bond donors (Lipinski definition) is 1. The maximum atomic E-state index is 12.2. The molecule has 0 unspecified atom stereocenters. The van der Waals surface area contributed by atoms with Gasteiger partial charge in [-0.1, -0.05) is 12.8 Å². The highest BCUT2D eigenvalue weighted by molar-refractivity contribution is 8.00. The zero-order chi connectivity index (χ0) is 15.3. The molecule has 1 aromatic rings. The number of carbonyl (C=O) groups is 1. The van der Waals surface area contributed by atoms with E-state index in [1.807, 2.05) is 11.8 Å². The molecule has 22 heavy (non-hydrogen) atoms. The van der Waals surface area contributed by atoms with Crippen LogP contribution in [-0.2, 0) is 14.9 Å². The standard InChI is InChI=1S/C17H25NO2S2/c19-16(12-22-15-3-1-2-4-15)18-13-17(6-8-20-9-7-17)14-5-10-21-11-14/h5,10-11,15H,1-4,6-9,12-13H2,(H,18,19). The molecule has 0 aromatic carbocycles. The van der Waals surface area contributed by atoms with Crippen molar-refractivity contribution in [3.8, 4) is 0 Å². The molecule has 1 saturated heterocycles. The van der Waals surface area contributed by atoms with Crippen molar-refractivity contribution in [1.82, 2.24) is 5.32 Å². The van der Waals surface area contributed by atoms with E-state index in [0.29, 0.717) is 11.0 Å². The fourth-order valence-corrected chi connectivity index (χ4v) is 5.40. The van der Waals surface area contributed by atoms with Gasteiger partial charge in [0.25, 0.3) is 0 Å². The molecule has 0 spiro atoms. The van der Waals surface area contributed by atoms with Crippen LogP contribution in [0.25, 0.3) is 0 Å². The molecule has 1 aromatic heterocycles. The highest BCUT2D eigenvalue weighted by Crippen LogP contribution is 2.35. The Kier molecular flexibility index (Phi) is 5.83. The summed E-state index contributed by atoms with van der Waals surface area (Å²) in [6, 6.07) is 2.20. The zero-order valence-electron chi connectivity index (χ0n) is 13.0. The van der Waals surface area contributed by atoms with Gasteiger partial charge in [-0.25, -0.2) is 0 Å². The Hall–Kier alpha value is -0.520. The molecule has 1 aliphatic carbocycles. The molecule has 2 aliphatic rings. The number of nitrogens with one attached hydrogen (secondary N) is 1. The number of hydrogen-bond acceptors (Lipinski definition) is 4. The average Bonchev–Trinajstić information content (AvgIpc) is 3.25.